The van der Waals surface area contributed by atoms with Gasteiger partial charge in [-0.05, 0) is 42.4 Å². The highest BCUT2D eigenvalue weighted by molar-refractivity contribution is 5.85. The molecule has 1 amide bonds. The van der Waals surface area contributed by atoms with Gasteiger partial charge in [0.25, 0.3) is 0 Å². The summed E-state index contributed by atoms with van der Waals surface area (Å²) >= 11 is 0. The van der Waals surface area contributed by atoms with Crippen molar-refractivity contribution in [2.75, 3.05) is 26.0 Å². The summed E-state index contributed by atoms with van der Waals surface area (Å²) in [4.78, 5) is 12.1. The summed E-state index contributed by atoms with van der Waals surface area (Å²) in [5, 5.41) is 3.11. The van der Waals surface area contributed by atoms with Crippen molar-refractivity contribution in [1.82, 2.24) is 5.32 Å². The number of halogens is 1. The molecule has 0 heterocycles. The van der Waals surface area contributed by atoms with Gasteiger partial charge in [0.05, 0.1) is 6.42 Å². The molecule has 1 aromatic rings. The van der Waals surface area contributed by atoms with Gasteiger partial charge in [-0.15, -0.1) is 12.4 Å². The molecule has 0 atom stereocenters. The van der Waals surface area contributed by atoms with Crippen LogP contribution < -0.4 is 11.1 Å². The highest BCUT2D eigenvalue weighted by Gasteiger charge is 2.33. The Balaban J connectivity index is 0.00000242. The molecule has 0 aliphatic heterocycles. The van der Waals surface area contributed by atoms with Crippen LogP contribution in [0.25, 0.3) is 0 Å². The van der Waals surface area contributed by atoms with E-state index in [0.717, 1.165) is 30.8 Å². The second-order valence-electron chi connectivity index (χ2n) is 6.14. The average Bonchev–Trinajstić information content (AvgIpc) is 2.95. The summed E-state index contributed by atoms with van der Waals surface area (Å²) in [7, 11) is 1.74. The van der Waals surface area contributed by atoms with Crippen molar-refractivity contribution in [3.63, 3.8) is 0 Å². The molecule has 0 spiro atoms. The molecule has 1 aliphatic carbocycles. The quantitative estimate of drug-likeness (QED) is 0.757. The lowest BCUT2D eigenvalue weighted by molar-refractivity contribution is -0.121. The van der Waals surface area contributed by atoms with Gasteiger partial charge in [0, 0.05) is 25.9 Å². The van der Waals surface area contributed by atoms with E-state index in [9.17, 15) is 4.79 Å². The summed E-state index contributed by atoms with van der Waals surface area (Å²) in [6.45, 7) is 1.54. The molecule has 1 aliphatic rings. The maximum absolute atomic E-state index is 12.1. The van der Waals surface area contributed by atoms with Crippen LogP contribution in [0.15, 0.2) is 24.3 Å². The number of nitrogens with one attached hydrogen (secondary N) is 1. The third-order valence-electron chi connectivity index (χ3n) is 4.51. The van der Waals surface area contributed by atoms with Gasteiger partial charge in [-0.25, -0.2) is 0 Å². The zero-order chi connectivity index (χ0) is 15.1. The van der Waals surface area contributed by atoms with E-state index in [1.807, 2.05) is 24.3 Å². The van der Waals surface area contributed by atoms with Crippen LogP contribution in [0.1, 0.15) is 37.7 Å². The van der Waals surface area contributed by atoms with Crippen LogP contribution in [0.5, 0.6) is 0 Å². The smallest absolute Gasteiger partial charge is 0.224 e. The molecule has 4 nitrogen and oxygen atoms in total. The van der Waals surface area contributed by atoms with E-state index in [4.69, 9.17) is 10.5 Å². The number of nitrogens with two attached hydrogens (primary N) is 1. The van der Waals surface area contributed by atoms with E-state index in [-0.39, 0.29) is 23.7 Å². The standard InChI is InChI=1S/C17H26N2O2.ClH/c1-21-11-10-17(8-2-3-9-17)13-19-16(20)12-14-4-6-15(18)7-5-14;/h4-7H,2-3,8-13,18H2,1H3,(H,19,20);1H. The van der Waals surface area contributed by atoms with Gasteiger partial charge in [-0.1, -0.05) is 25.0 Å². The number of rotatable bonds is 7. The Morgan fingerprint density at radius 3 is 2.50 bits per heavy atom. The van der Waals surface area contributed by atoms with E-state index in [1.54, 1.807) is 7.11 Å². The van der Waals surface area contributed by atoms with E-state index in [2.05, 4.69) is 5.32 Å². The number of nitrogen functional groups attached to an aromatic ring is 1. The van der Waals surface area contributed by atoms with Crippen LogP contribution >= 0.6 is 12.4 Å². The van der Waals surface area contributed by atoms with Crippen molar-refractivity contribution in [2.24, 2.45) is 5.41 Å². The van der Waals surface area contributed by atoms with Crippen molar-refractivity contribution in [3.8, 4) is 0 Å². The van der Waals surface area contributed by atoms with Crippen molar-refractivity contribution >= 4 is 24.0 Å². The minimum atomic E-state index is 0. The maximum Gasteiger partial charge on any atom is 0.224 e. The zero-order valence-electron chi connectivity index (χ0n) is 13.3. The molecule has 3 N–H and O–H groups in total. The molecule has 22 heavy (non-hydrogen) atoms. The summed E-state index contributed by atoms with van der Waals surface area (Å²) < 4.78 is 5.22. The van der Waals surface area contributed by atoms with E-state index < -0.39 is 0 Å². The molecule has 2 rings (SSSR count). The van der Waals surface area contributed by atoms with Crippen molar-refractivity contribution < 1.29 is 9.53 Å². The molecule has 0 aromatic heterocycles. The second kappa shape index (κ2) is 9.01. The molecule has 1 saturated carbocycles. The number of carbonyl (C=O) groups excluding carboxylic acids is 1. The Labute approximate surface area is 139 Å². The summed E-state index contributed by atoms with van der Waals surface area (Å²) in [5.41, 5.74) is 7.62. The number of hydrogen-bond donors (Lipinski definition) is 2. The van der Waals surface area contributed by atoms with Crippen molar-refractivity contribution in [1.29, 1.82) is 0 Å². The number of methoxy groups -OCH3 is 1. The first-order chi connectivity index (χ1) is 10.1. The monoisotopic (exact) mass is 326 g/mol. The number of benzene rings is 1. The molecular weight excluding hydrogens is 300 g/mol. The second-order valence-corrected chi connectivity index (χ2v) is 6.14. The Bertz CT molecular complexity index is 456. The normalized spacial score (nSPS) is 16.0. The maximum atomic E-state index is 12.1. The highest BCUT2D eigenvalue weighted by Crippen LogP contribution is 2.40. The van der Waals surface area contributed by atoms with Gasteiger partial charge in [0.2, 0.25) is 5.91 Å². The number of amides is 1. The van der Waals surface area contributed by atoms with Gasteiger partial charge in [0.15, 0.2) is 0 Å². The van der Waals surface area contributed by atoms with Gasteiger partial charge >= 0.3 is 0 Å². The molecule has 0 bridgehead atoms. The van der Waals surface area contributed by atoms with Gasteiger partial charge in [-0.2, -0.15) is 0 Å². The first-order valence-electron chi connectivity index (χ1n) is 7.74. The average molecular weight is 327 g/mol. The topological polar surface area (TPSA) is 64.3 Å². The Morgan fingerprint density at radius 2 is 1.91 bits per heavy atom. The minimum absolute atomic E-state index is 0. The SMILES string of the molecule is COCCC1(CNC(=O)Cc2ccc(N)cc2)CCCC1.Cl. The molecule has 0 saturated heterocycles. The fourth-order valence-corrected chi connectivity index (χ4v) is 3.13. The van der Waals surface area contributed by atoms with Gasteiger partial charge < -0.3 is 15.8 Å². The lowest BCUT2D eigenvalue weighted by Gasteiger charge is -2.29. The van der Waals surface area contributed by atoms with E-state index in [1.165, 1.54) is 25.7 Å². The zero-order valence-corrected chi connectivity index (χ0v) is 14.1. The predicted molar refractivity (Wildman–Crippen MR) is 92.2 cm³/mol. The number of ether oxygens (including phenoxy) is 1. The molecule has 0 radical (unpaired) electrons. The Morgan fingerprint density at radius 1 is 1.27 bits per heavy atom. The first kappa shape index (κ1) is 18.8. The van der Waals surface area contributed by atoms with Crippen LogP contribution in [-0.4, -0.2) is 26.2 Å². The molecule has 1 fully saturated rings. The fraction of sp³-hybridized carbons (Fsp3) is 0.588. The third-order valence-corrected chi connectivity index (χ3v) is 4.51. The van der Waals surface area contributed by atoms with Crippen LogP contribution in [0.2, 0.25) is 0 Å². The number of anilines is 1. The Hall–Kier alpha value is -1.26. The number of carbonyl (C=O) groups is 1. The molecule has 0 unspecified atom stereocenters. The fourth-order valence-electron chi connectivity index (χ4n) is 3.13. The predicted octanol–water partition coefficient (Wildman–Crippen LogP) is 2.95. The largest absolute Gasteiger partial charge is 0.399 e. The third kappa shape index (κ3) is 5.50. The molecule has 5 heteroatoms. The van der Waals surface area contributed by atoms with E-state index in [0.29, 0.717) is 6.42 Å². The Kier molecular flexibility index (Phi) is 7.69. The van der Waals surface area contributed by atoms with Crippen LogP contribution in [0.4, 0.5) is 5.69 Å². The number of hydrogen-bond acceptors (Lipinski definition) is 3. The lowest BCUT2D eigenvalue weighted by atomic mass is 9.83. The summed E-state index contributed by atoms with van der Waals surface area (Å²) in [6, 6.07) is 7.48. The van der Waals surface area contributed by atoms with Crippen molar-refractivity contribution in [3.05, 3.63) is 29.8 Å². The van der Waals surface area contributed by atoms with Crippen molar-refractivity contribution in [2.45, 2.75) is 38.5 Å². The van der Waals surface area contributed by atoms with Gasteiger partial charge in [-0.3, -0.25) is 4.79 Å². The highest BCUT2D eigenvalue weighted by atomic mass is 35.5. The van der Waals surface area contributed by atoms with Gasteiger partial charge in [0.1, 0.15) is 0 Å². The molecule has 1 aromatic carbocycles. The lowest BCUT2D eigenvalue weighted by Crippen LogP contribution is -2.37. The van der Waals surface area contributed by atoms with Crippen LogP contribution in [0, 0.1) is 5.41 Å². The molecular formula is C17H27ClN2O2. The van der Waals surface area contributed by atoms with Crippen LogP contribution in [0.3, 0.4) is 0 Å². The first-order valence-corrected chi connectivity index (χ1v) is 7.74. The van der Waals surface area contributed by atoms with E-state index >= 15 is 0 Å². The molecule has 124 valence electrons. The minimum Gasteiger partial charge on any atom is -0.399 e. The summed E-state index contributed by atoms with van der Waals surface area (Å²) in [5.74, 6) is 0.0865. The van der Waals surface area contributed by atoms with Crippen LogP contribution in [-0.2, 0) is 16.0 Å². The summed E-state index contributed by atoms with van der Waals surface area (Å²) in [6.07, 6.45) is 6.36.